The van der Waals surface area contributed by atoms with Gasteiger partial charge >= 0.3 is 59.1 Å². The second kappa shape index (κ2) is 15.8. The van der Waals surface area contributed by atoms with Crippen LogP contribution in [0.5, 0.6) is 0 Å². The molecule has 0 spiro atoms. The van der Waals surface area contributed by atoms with Crippen LogP contribution in [-0.4, -0.2) is 36.4 Å². The van der Waals surface area contributed by atoms with Crippen LogP contribution < -0.4 is 59.1 Å². The second-order valence-corrected chi connectivity index (χ2v) is 9.59. The first-order valence-electron chi connectivity index (χ1n) is 7.94. The Labute approximate surface area is 192 Å². The Morgan fingerprint density at radius 1 is 0.583 bits per heavy atom. The third-order valence-corrected chi connectivity index (χ3v) is 6.40. The smallest absolute Gasteiger partial charge is 0.748 e. The molecule has 6 nitrogen and oxygen atoms in total. The first kappa shape index (κ1) is 30.5. The molecular weight excluding hydrogens is 374 g/mol. The molecule has 0 amide bonds. The molecule has 0 fully saturated rings. The SMILES string of the molecule is CC(CCCCCCCCCCC(C)S(=O)(=O)[O-])S(=O)(=O)[O-].[Na+].[Na+]. The Hall–Kier alpha value is 1.82. The second-order valence-electron chi connectivity index (χ2n) is 6.01. The van der Waals surface area contributed by atoms with Gasteiger partial charge in [0.1, 0.15) is 0 Å². The first-order chi connectivity index (χ1) is 10.0. The van der Waals surface area contributed by atoms with E-state index in [1.54, 1.807) is 0 Å². The van der Waals surface area contributed by atoms with Crippen molar-refractivity contribution in [2.24, 2.45) is 0 Å². The number of hydrogen-bond donors (Lipinski definition) is 0. The Bertz CT molecular complexity index is 447. The molecule has 10 heteroatoms. The van der Waals surface area contributed by atoms with E-state index in [2.05, 4.69) is 0 Å². The van der Waals surface area contributed by atoms with Gasteiger partial charge in [0, 0.05) is 10.5 Å². The van der Waals surface area contributed by atoms with E-state index >= 15 is 0 Å². The summed E-state index contributed by atoms with van der Waals surface area (Å²) in [5, 5.41) is -1.60. The van der Waals surface area contributed by atoms with Gasteiger partial charge in [0.05, 0.1) is 20.2 Å². The summed E-state index contributed by atoms with van der Waals surface area (Å²) in [4.78, 5) is 0. The molecule has 0 saturated carbocycles. The fourth-order valence-electron chi connectivity index (χ4n) is 2.21. The average molecular weight is 402 g/mol. The molecule has 24 heavy (non-hydrogen) atoms. The van der Waals surface area contributed by atoms with Gasteiger partial charge in [-0.05, 0) is 26.7 Å². The van der Waals surface area contributed by atoms with Crippen LogP contribution in [0.25, 0.3) is 0 Å². The van der Waals surface area contributed by atoms with Crippen molar-refractivity contribution in [2.75, 3.05) is 0 Å². The zero-order chi connectivity index (χ0) is 17.2. The van der Waals surface area contributed by atoms with Gasteiger partial charge in [-0.15, -0.1) is 0 Å². The van der Waals surface area contributed by atoms with Crippen LogP contribution in [0, 0.1) is 0 Å². The fourth-order valence-corrected chi connectivity index (χ4v) is 3.12. The van der Waals surface area contributed by atoms with Crippen LogP contribution in [0.1, 0.15) is 78.1 Å². The summed E-state index contributed by atoms with van der Waals surface area (Å²) in [6, 6.07) is 0. The zero-order valence-corrected chi connectivity index (χ0v) is 21.1. The average Bonchev–Trinajstić information content (AvgIpc) is 2.38. The summed E-state index contributed by atoms with van der Waals surface area (Å²) >= 11 is 0. The normalized spacial score (nSPS) is 14.3. The minimum absolute atomic E-state index is 0. The van der Waals surface area contributed by atoms with Gasteiger partial charge in [-0.1, -0.05) is 51.4 Å². The summed E-state index contributed by atoms with van der Waals surface area (Å²) in [7, 11) is -8.29. The quantitative estimate of drug-likeness (QED) is 0.182. The van der Waals surface area contributed by atoms with Crippen LogP contribution in [0.4, 0.5) is 0 Å². The third kappa shape index (κ3) is 17.2. The molecule has 0 aliphatic carbocycles. The molecule has 0 saturated heterocycles. The summed E-state index contributed by atoms with van der Waals surface area (Å²) in [5.74, 6) is 0. The van der Waals surface area contributed by atoms with E-state index in [1.807, 2.05) is 0 Å². The Balaban J connectivity index is -0.00000220. The maximum Gasteiger partial charge on any atom is 1.00 e. The first-order valence-corrected chi connectivity index (χ1v) is 10.9. The van der Waals surface area contributed by atoms with Gasteiger partial charge in [0.25, 0.3) is 0 Å². The molecule has 0 aliphatic rings. The van der Waals surface area contributed by atoms with E-state index in [1.165, 1.54) is 13.8 Å². The third-order valence-electron chi connectivity index (χ3n) is 3.96. The molecule has 0 aromatic carbocycles. The number of rotatable bonds is 13. The van der Waals surface area contributed by atoms with Crippen LogP contribution in [0.15, 0.2) is 0 Å². The minimum atomic E-state index is -4.14. The van der Waals surface area contributed by atoms with Gasteiger partial charge in [-0.3, -0.25) is 0 Å². The molecular formula is C14H28Na2O6S2. The van der Waals surface area contributed by atoms with Crippen LogP contribution in [0.3, 0.4) is 0 Å². The van der Waals surface area contributed by atoms with Crippen molar-refractivity contribution in [1.82, 2.24) is 0 Å². The monoisotopic (exact) mass is 402 g/mol. The summed E-state index contributed by atoms with van der Waals surface area (Å²) in [6.45, 7) is 2.90. The van der Waals surface area contributed by atoms with E-state index in [9.17, 15) is 25.9 Å². The van der Waals surface area contributed by atoms with Crippen LogP contribution in [-0.2, 0) is 20.2 Å². The van der Waals surface area contributed by atoms with E-state index in [0.29, 0.717) is 12.8 Å². The molecule has 0 aliphatic heterocycles. The molecule has 0 bridgehead atoms. The molecule has 0 N–H and O–H groups in total. The fraction of sp³-hybridized carbons (Fsp3) is 1.00. The summed E-state index contributed by atoms with van der Waals surface area (Å²) in [5.41, 5.74) is 0. The maximum absolute atomic E-state index is 10.7. The summed E-state index contributed by atoms with van der Waals surface area (Å²) < 4.78 is 64.2. The van der Waals surface area contributed by atoms with Crippen LogP contribution >= 0.6 is 0 Å². The number of hydrogen-bond acceptors (Lipinski definition) is 6. The van der Waals surface area contributed by atoms with Crippen molar-refractivity contribution in [2.45, 2.75) is 88.6 Å². The van der Waals surface area contributed by atoms with Crippen molar-refractivity contribution >= 4 is 20.2 Å². The largest absolute Gasteiger partial charge is 1.00 e. The van der Waals surface area contributed by atoms with Gasteiger partial charge in [0.2, 0.25) is 0 Å². The molecule has 134 valence electrons. The van der Waals surface area contributed by atoms with Gasteiger partial charge in [-0.25, -0.2) is 16.8 Å². The van der Waals surface area contributed by atoms with E-state index in [0.717, 1.165) is 51.4 Å². The summed E-state index contributed by atoms with van der Waals surface area (Å²) in [6.07, 6.45) is 8.32. The Kier molecular flexibility index (Phi) is 20.2. The van der Waals surface area contributed by atoms with E-state index in [-0.39, 0.29) is 59.1 Å². The molecule has 2 unspecified atom stereocenters. The molecule has 2 atom stereocenters. The maximum atomic E-state index is 10.7. The van der Waals surface area contributed by atoms with Crippen molar-refractivity contribution in [3.63, 3.8) is 0 Å². The predicted octanol–water partition coefficient (Wildman–Crippen LogP) is -3.24. The van der Waals surface area contributed by atoms with Crippen LogP contribution in [0.2, 0.25) is 0 Å². The van der Waals surface area contributed by atoms with Crippen molar-refractivity contribution < 1.29 is 85.1 Å². The Morgan fingerprint density at radius 2 is 0.792 bits per heavy atom. The van der Waals surface area contributed by atoms with Gasteiger partial charge < -0.3 is 9.11 Å². The molecule has 0 heterocycles. The minimum Gasteiger partial charge on any atom is -0.748 e. The Morgan fingerprint density at radius 3 is 1.00 bits per heavy atom. The van der Waals surface area contributed by atoms with Crippen molar-refractivity contribution in [3.05, 3.63) is 0 Å². The molecule has 0 aromatic rings. The molecule has 0 radical (unpaired) electrons. The van der Waals surface area contributed by atoms with Gasteiger partial charge in [0.15, 0.2) is 0 Å². The zero-order valence-electron chi connectivity index (χ0n) is 15.5. The van der Waals surface area contributed by atoms with Crippen molar-refractivity contribution in [3.8, 4) is 0 Å². The predicted molar refractivity (Wildman–Crippen MR) is 84.5 cm³/mol. The topological polar surface area (TPSA) is 114 Å². The number of unbranched alkanes of at least 4 members (excludes halogenated alkanes) is 7. The standard InChI is InChI=1S/C14H30O6S2.2Na/c1-13(21(15,16)17)11-9-7-5-3-4-6-8-10-12-14(2)22(18,19)20;;/h13-14H,3-12H2,1-2H3,(H,15,16,17)(H,18,19,20);;/q;2*+1/p-2. The van der Waals surface area contributed by atoms with E-state index in [4.69, 9.17) is 0 Å². The van der Waals surface area contributed by atoms with Crippen molar-refractivity contribution in [1.29, 1.82) is 0 Å². The van der Waals surface area contributed by atoms with Gasteiger partial charge in [-0.2, -0.15) is 0 Å². The van der Waals surface area contributed by atoms with E-state index < -0.39 is 30.7 Å². The molecule has 0 rings (SSSR count). The molecule has 0 aromatic heterocycles.